The Morgan fingerprint density at radius 3 is 2.61 bits per heavy atom. The Kier molecular flexibility index (Phi) is 12.6. The van der Waals surface area contributed by atoms with Gasteiger partial charge in [0.05, 0.1) is 34.7 Å². The lowest BCUT2D eigenvalue weighted by atomic mass is 9.89. The second-order valence-corrected chi connectivity index (χ2v) is 14.9. The molecule has 5 rings (SSSR count). The molecule has 9 nitrogen and oxygen atoms in total. The van der Waals surface area contributed by atoms with E-state index in [1.807, 2.05) is 54.1 Å². The fourth-order valence-electron chi connectivity index (χ4n) is 6.02. The van der Waals surface area contributed by atoms with Crippen LogP contribution in [0.2, 0.25) is 13.1 Å². The first-order chi connectivity index (χ1) is 23.7. The van der Waals surface area contributed by atoms with Gasteiger partial charge in [0.15, 0.2) is 25.8 Å². The van der Waals surface area contributed by atoms with Crippen molar-refractivity contribution < 1.29 is 18.4 Å². The predicted molar refractivity (Wildman–Crippen MR) is 204 cm³/mol. The van der Waals surface area contributed by atoms with Gasteiger partial charge in [-0.1, -0.05) is 45.0 Å². The number of aromatic nitrogens is 3. The van der Waals surface area contributed by atoms with Gasteiger partial charge in [-0.25, -0.2) is 4.68 Å². The molecule has 1 aliphatic heterocycles. The summed E-state index contributed by atoms with van der Waals surface area (Å²) in [6, 6.07) is 17.8. The SMILES string of the molecule is C[SiH2]OC(O[SiH2]C)C(C)(C)CC#CCNC(=O)c1ccccc1Nc1ccc2c(C=Cc3cc(C)cc(C)n3)nn(C3CCCCO3)c2c1. The molecule has 2 aromatic heterocycles. The van der Waals surface area contributed by atoms with Gasteiger partial charge in [0.25, 0.3) is 5.91 Å². The number of ether oxygens (including phenoxy) is 1. The first-order valence-electron chi connectivity index (χ1n) is 17.3. The van der Waals surface area contributed by atoms with E-state index in [1.165, 1.54) is 5.56 Å². The summed E-state index contributed by atoms with van der Waals surface area (Å²) in [6.07, 6.45) is 7.38. The summed E-state index contributed by atoms with van der Waals surface area (Å²) in [5.74, 6) is 6.15. The average Bonchev–Trinajstić information content (AvgIpc) is 3.45. The van der Waals surface area contributed by atoms with E-state index in [4.69, 9.17) is 18.7 Å². The smallest absolute Gasteiger partial charge is 0.254 e. The van der Waals surface area contributed by atoms with Crippen LogP contribution < -0.4 is 10.6 Å². The lowest BCUT2D eigenvalue weighted by molar-refractivity contribution is -0.0763. The molecule has 49 heavy (non-hydrogen) atoms. The molecule has 0 aliphatic carbocycles. The van der Waals surface area contributed by atoms with Gasteiger partial charge in [-0.15, -0.1) is 5.92 Å². The van der Waals surface area contributed by atoms with E-state index in [0.29, 0.717) is 17.7 Å². The number of rotatable bonds is 13. The molecule has 1 atom stereocenters. The minimum Gasteiger partial charge on any atom is -0.400 e. The highest BCUT2D eigenvalue weighted by atomic mass is 28.2. The van der Waals surface area contributed by atoms with Gasteiger partial charge in [-0.3, -0.25) is 9.78 Å². The van der Waals surface area contributed by atoms with Crippen molar-refractivity contribution in [2.75, 3.05) is 18.5 Å². The minimum atomic E-state index is -0.592. The van der Waals surface area contributed by atoms with Crippen molar-refractivity contribution in [1.82, 2.24) is 20.1 Å². The Morgan fingerprint density at radius 2 is 1.88 bits per heavy atom. The van der Waals surface area contributed by atoms with E-state index in [-0.39, 0.29) is 30.4 Å². The van der Waals surface area contributed by atoms with Crippen molar-refractivity contribution in [3.63, 3.8) is 0 Å². The average molecular weight is 696 g/mol. The topological polar surface area (TPSA) is 99.5 Å². The standard InChI is InChI=1S/C38H49N5O4Si2/c1-26-23-27(2)40-28(24-26)17-19-33-30-18-16-29(25-34(30)43(42-33)35-15-9-12-22-45-35)41-32-14-8-7-13-31(32)36(44)39-21-11-10-20-38(3,4)37(46-48-5)47-49-6/h7-8,13-14,16-19,23-25,35,37,41H,9,12,15,20-22,48-49H2,1-6H3,(H,39,44). The molecular formula is C38H49N5O4Si2. The van der Waals surface area contributed by atoms with Gasteiger partial charge >= 0.3 is 0 Å². The molecule has 1 aliphatic rings. The van der Waals surface area contributed by atoms with Gasteiger partial charge in [0.1, 0.15) is 6.29 Å². The maximum Gasteiger partial charge on any atom is 0.254 e. The number of anilines is 2. The molecule has 4 aromatic rings. The second-order valence-electron chi connectivity index (χ2n) is 13.0. The number of pyridine rings is 1. The molecule has 1 amide bonds. The minimum absolute atomic E-state index is 0.134. The number of nitrogens with one attached hydrogen (secondary N) is 2. The fraction of sp³-hybridized carbons (Fsp3) is 0.395. The third kappa shape index (κ3) is 9.56. The zero-order valence-electron chi connectivity index (χ0n) is 29.6. The molecule has 258 valence electrons. The third-order valence-corrected chi connectivity index (χ3v) is 9.70. The number of benzene rings is 2. The summed E-state index contributed by atoms with van der Waals surface area (Å²) in [6.45, 7) is 13.5. The summed E-state index contributed by atoms with van der Waals surface area (Å²) in [5, 5.41) is 12.5. The monoisotopic (exact) mass is 695 g/mol. The van der Waals surface area contributed by atoms with Crippen LogP contribution in [0.15, 0.2) is 54.6 Å². The molecule has 11 heteroatoms. The first kappa shape index (κ1) is 36.2. The third-order valence-electron chi connectivity index (χ3n) is 8.43. The normalized spacial score (nSPS) is 16.1. The number of nitrogens with zero attached hydrogens (tertiary/aromatic N) is 3. The molecule has 1 unspecified atom stereocenters. The van der Waals surface area contributed by atoms with Crippen LogP contribution in [0.4, 0.5) is 11.4 Å². The van der Waals surface area contributed by atoms with Crippen LogP contribution in [0.5, 0.6) is 0 Å². The van der Waals surface area contributed by atoms with Gasteiger partial charge in [-0.2, -0.15) is 5.10 Å². The molecule has 0 radical (unpaired) electrons. The van der Waals surface area contributed by atoms with E-state index >= 15 is 0 Å². The van der Waals surface area contributed by atoms with Crippen molar-refractivity contribution in [1.29, 1.82) is 0 Å². The van der Waals surface area contributed by atoms with Gasteiger partial charge in [0, 0.05) is 35.2 Å². The van der Waals surface area contributed by atoms with Crippen LogP contribution in [0.25, 0.3) is 23.1 Å². The quantitative estimate of drug-likeness (QED) is 0.0945. The Hall–Kier alpha value is -4.06. The molecule has 0 spiro atoms. The van der Waals surface area contributed by atoms with Crippen LogP contribution in [0, 0.1) is 31.1 Å². The number of carbonyl (C=O) groups excluding carboxylic acids is 1. The zero-order chi connectivity index (χ0) is 34.8. The maximum absolute atomic E-state index is 13.3. The zero-order valence-corrected chi connectivity index (χ0v) is 32.5. The summed E-state index contributed by atoms with van der Waals surface area (Å²) < 4.78 is 20.1. The summed E-state index contributed by atoms with van der Waals surface area (Å²) in [5.41, 5.74) is 6.76. The van der Waals surface area contributed by atoms with Gasteiger partial charge in [0.2, 0.25) is 0 Å². The van der Waals surface area contributed by atoms with Crippen LogP contribution in [-0.4, -0.2) is 59.6 Å². The van der Waals surface area contributed by atoms with Crippen LogP contribution in [0.1, 0.15) is 78.8 Å². The molecule has 0 saturated carbocycles. The van der Waals surface area contributed by atoms with Crippen molar-refractivity contribution in [2.45, 2.75) is 79.0 Å². The lowest BCUT2D eigenvalue weighted by Crippen LogP contribution is -2.35. The predicted octanol–water partition coefficient (Wildman–Crippen LogP) is 6.43. The number of carbonyl (C=O) groups is 1. The van der Waals surface area contributed by atoms with E-state index < -0.39 is 19.5 Å². The Labute approximate surface area is 295 Å². The lowest BCUT2D eigenvalue weighted by Gasteiger charge is -2.32. The van der Waals surface area contributed by atoms with Crippen molar-refractivity contribution in [3.05, 3.63) is 82.8 Å². The Morgan fingerprint density at radius 1 is 1.08 bits per heavy atom. The molecule has 0 bridgehead atoms. The first-order valence-corrected chi connectivity index (χ1v) is 21.3. The molecule has 1 saturated heterocycles. The van der Waals surface area contributed by atoms with Gasteiger partial charge in [-0.05, 0) is 93.3 Å². The highest BCUT2D eigenvalue weighted by Gasteiger charge is 2.29. The largest absolute Gasteiger partial charge is 0.400 e. The van der Waals surface area contributed by atoms with Crippen molar-refractivity contribution in [2.24, 2.45) is 5.41 Å². The molecular weight excluding hydrogens is 647 g/mol. The van der Waals surface area contributed by atoms with Crippen LogP contribution >= 0.6 is 0 Å². The number of para-hydroxylation sites is 1. The van der Waals surface area contributed by atoms with E-state index in [0.717, 1.165) is 59.5 Å². The molecule has 2 N–H and O–H groups in total. The van der Waals surface area contributed by atoms with E-state index in [1.54, 1.807) is 0 Å². The van der Waals surface area contributed by atoms with Gasteiger partial charge < -0.3 is 24.2 Å². The van der Waals surface area contributed by atoms with Crippen molar-refractivity contribution >= 4 is 59.9 Å². The van der Waals surface area contributed by atoms with E-state index in [2.05, 4.69) is 85.6 Å². The number of hydrogen-bond acceptors (Lipinski definition) is 7. The number of aryl methyl sites for hydroxylation is 2. The summed E-state index contributed by atoms with van der Waals surface area (Å²) in [4.78, 5) is 18.0. The highest BCUT2D eigenvalue weighted by Crippen LogP contribution is 2.32. The summed E-state index contributed by atoms with van der Waals surface area (Å²) >= 11 is 0. The van der Waals surface area contributed by atoms with Crippen LogP contribution in [0.3, 0.4) is 0 Å². The van der Waals surface area contributed by atoms with Crippen molar-refractivity contribution in [3.8, 4) is 11.8 Å². The maximum atomic E-state index is 13.3. The molecule has 1 fully saturated rings. The molecule has 3 heterocycles. The number of fused-ring (bicyclic) bond motifs is 1. The molecule has 2 aromatic carbocycles. The highest BCUT2D eigenvalue weighted by molar-refractivity contribution is 6.26. The Bertz CT molecular complexity index is 1810. The Balaban J connectivity index is 1.33. The summed E-state index contributed by atoms with van der Waals surface area (Å²) in [7, 11) is -1.18. The fourth-order valence-corrected chi connectivity index (χ4v) is 7.92. The number of amides is 1. The van der Waals surface area contributed by atoms with Crippen LogP contribution in [-0.2, 0) is 13.6 Å². The number of hydrogen-bond donors (Lipinski definition) is 2. The van der Waals surface area contributed by atoms with E-state index in [9.17, 15) is 4.79 Å². The second kappa shape index (κ2) is 17.0.